The van der Waals surface area contributed by atoms with E-state index < -0.39 is 24.8 Å². The Morgan fingerprint density at radius 1 is 0.500 bits per heavy atom. The van der Waals surface area contributed by atoms with Crippen LogP contribution in [0, 0.1) is 0 Å². The maximum Gasteiger partial charge on any atom is 3.00 e. The summed E-state index contributed by atoms with van der Waals surface area (Å²) >= 11 is 0. The zero-order valence-corrected chi connectivity index (χ0v) is 16.0. The van der Waals surface area contributed by atoms with Crippen LogP contribution >= 0.6 is 24.8 Å². The molecule has 4 radical (unpaired) electrons. The minimum atomic E-state index is -3.63. The molecule has 0 spiro atoms. The molecule has 0 rings (SSSR count). The van der Waals surface area contributed by atoms with Crippen molar-refractivity contribution in [1.29, 1.82) is 0 Å². The van der Waals surface area contributed by atoms with Gasteiger partial charge < -0.3 is 43.1 Å². The van der Waals surface area contributed by atoms with Crippen LogP contribution in [0.4, 0.5) is 0 Å². The molecule has 0 saturated heterocycles. The van der Waals surface area contributed by atoms with Gasteiger partial charge in [0.2, 0.25) is 0 Å². The number of rotatable bonds is 0. The van der Waals surface area contributed by atoms with Gasteiger partial charge in [-0.15, -0.1) is 0 Å². The van der Waals surface area contributed by atoms with Gasteiger partial charge in [0.1, 0.15) is 0 Å². The quantitative estimate of drug-likeness (QED) is 0.180. The fraction of sp³-hybridized carbons (Fsp3) is 0. The molecule has 0 saturated carbocycles. The van der Waals surface area contributed by atoms with Crippen molar-refractivity contribution >= 4 is 77.2 Å². The van der Waals surface area contributed by atoms with Crippen LogP contribution in [-0.4, -0.2) is 52.4 Å². The van der Waals surface area contributed by atoms with E-state index in [-0.39, 0.29) is 52.4 Å². The second-order valence-corrected chi connectivity index (χ2v) is 2.25. The van der Waals surface area contributed by atoms with Gasteiger partial charge in [0.25, 0.3) is 0 Å². The molecule has 0 N–H and O–H groups in total. The van der Waals surface area contributed by atoms with E-state index in [9.17, 15) is 0 Å². The topological polar surface area (TPSA) is 190 Å². The van der Waals surface area contributed by atoms with Gasteiger partial charge in [0, 0.05) is 0 Å². The van der Waals surface area contributed by atoms with Crippen molar-refractivity contribution < 1.29 is 43.1 Å². The summed E-state index contributed by atoms with van der Waals surface area (Å²) in [6, 6.07) is 0. The van der Waals surface area contributed by atoms with Gasteiger partial charge in [0.15, 0.2) is 0 Å². The number of hydrogen-bond acceptors (Lipinski definition) is 9. The van der Waals surface area contributed by atoms with E-state index >= 15 is 0 Å². The van der Waals surface area contributed by atoms with Gasteiger partial charge in [-0.2, -0.15) is 0 Å². The molecule has 9 nitrogen and oxygen atoms in total. The van der Waals surface area contributed by atoms with E-state index in [1.54, 1.807) is 0 Å². The van der Waals surface area contributed by atoms with E-state index in [1.807, 2.05) is 0 Å². The standard InChI is InChI=1S/2Bi.3H3O3P/c;;3*1-4(2)3/h;;3*4H,(H2,1,2,3)/q2*+3;;;/p-6. The predicted octanol–water partition coefficient (Wildman–Crippen LogP) is -6.47. The van der Waals surface area contributed by atoms with Crippen molar-refractivity contribution in [2.45, 2.75) is 0 Å². The Labute approximate surface area is 119 Å². The Morgan fingerprint density at radius 3 is 0.500 bits per heavy atom. The molecule has 0 aliphatic heterocycles. The second-order valence-electron chi connectivity index (χ2n) is 0.750. The Kier molecular flexibility index (Phi) is 52.1. The van der Waals surface area contributed by atoms with E-state index in [2.05, 4.69) is 0 Å². The van der Waals surface area contributed by atoms with Crippen LogP contribution in [-0.2, 0) is 13.7 Å². The summed E-state index contributed by atoms with van der Waals surface area (Å²) in [5, 5.41) is 0. The minimum absolute atomic E-state index is 0. The SMILES string of the molecule is O=[PH]([O-])[O-].O=[PH]([O-])[O-].O=[PH]([O-])[O-].[Bi+3].[Bi+3]. The molecule has 0 aromatic heterocycles. The smallest absolute Gasteiger partial charge is 0.813 e. The second kappa shape index (κ2) is 24.4. The van der Waals surface area contributed by atoms with Crippen LogP contribution in [0.5, 0.6) is 0 Å². The molecule has 0 atom stereocenters. The zero-order valence-electron chi connectivity index (χ0n) is 6.07. The van der Waals surface area contributed by atoms with Crippen molar-refractivity contribution in [2.24, 2.45) is 0 Å². The summed E-state index contributed by atoms with van der Waals surface area (Å²) in [4.78, 5) is 51.1. The van der Waals surface area contributed by atoms with E-state index in [1.165, 1.54) is 0 Å². The third kappa shape index (κ3) is 506. The van der Waals surface area contributed by atoms with Gasteiger partial charge >= 0.3 is 52.4 Å². The Balaban J connectivity index is -0.0000000270. The first-order valence-corrected chi connectivity index (χ1v) is 5.51. The zero-order chi connectivity index (χ0) is 10.7. The van der Waals surface area contributed by atoms with Crippen molar-refractivity contribution in [3.63, 3.8) is 0 Å². The van der Waals surface area contributed by atoms with Gasteiger partial charge in [0.05, 0.1) is 0 Å². The van der Waals surface area contributed by atoms with E-state index in [0.29, 0.717) is 0 Å². The van der Waals surface area contributed by atoms with Crippen LogP contribution in [0.15, 0.2) is 0 Å². The molecule has 0 fully saturated rings. The molecule has 0 heterocycles. The largest absolute Gasteiger partial charge is 3.00 e. The molecular formula is H3Bi2O9P3. The molecule has 14 heteroatoms. The average Bonchev–Trinajstić information content (AvgIpc) is 1.54. The summed E-state index contributed by atoms with van der Waals surface area (Å²) < 4.78 is 25.6. The molecule has 0 amide bonds. The molecule has 0 bridgehead atoms. The van der Waals surface area contributed by atoms with Crippen molar-refractivity contribution in [3.05, 3.63) is 0 Å². The molecule has 0 aromatic carbocycles. The molecule has 82 valence electrons. The predicted molar refractivity (Wildman–Crippen MR) is 38.5 cm³/mol. The van der Waals surface area contributed by atoms with Gasteiger partial charge in [-0.25, -0.2) is 0 Å². The third-order valence-electron chi connectivity index (χ3n) is 0. The fourth-order valence-electron chi connectivity index (χ4n) is 0. The van der Waals surface area contributed by atoms with E-state index in [4.69, 9.17) is 43.1 Å². The minimum Gasteiger partial charge on any atom is -0.813 e. The summed E-state index contributed by atoms with van der Waals surface area (Å²) in [5.74, 6) is 0. The van der Waals surface area contributed by atoms with Crippen LogP contribution in [0.2, 0.25) is 0 Å². The maximum atomic E-state index is 8.52. The molecule has 0 aliphatic carbocycles. The summed E-state index contributed by atoms with van der Waals surface area (Å²) in [7, 11) is -10.9. The molecule has 0 aliphatic rings. The first-order valence-electron chi connectivity index (χ1n) is 1.84. The average molecular weight is 658 g/mol. The van der Waals surface area contributed by atoms with Gasteiger partial charge in [-0.05, 0) is 0 Å². The normalized spacial score (nSPS) is 7.50. The number of hydrogen-bond donors (Lipinski definition) is 0. The third-order valence-corrected chi connectivity index (χ3v) is 0. The molecule has 0 unspecified atom stereocenters. The van der Waals surface area contributed by atoms with E-state index in [0.717, 1.165) is 0 Å². The van der Waals surface area contributed by atoms with Crippen molar-refractivity contribution in [3.8, 4) is 0 Å². The molecular weight excluding hydrogens is 655 g/mol. The van der Waals surface area contributed by atoms with Crippen LogP contribution in [0.1, 0.15) is 0 Å². The Morgan fingerprint density at radius 2 is 0.500 bits per heavy atom. The van der Waals surface area contributed by atoms with Gasteiger partial charge in [-0.1, -0.05) is 24.8 Å². The summed E-state index contributed by atoms with van der Waals surface area (Å²) in [6.07, 6.45) is 0. The Bertz CT molecular complexity index is 116. The molecule has 14 heavy (non-hydrogen) atoms. The van der Waals surface area contributed by atoms with Crippen molar-refractivity contribution in [1.82, 2.24) is 0 Å². The first-order chi connectivity index (χ1) is 5.20. The maximum absolute atomic E-state index is 8.52. The first kappa shape index (κ1) is 29.8. The summed E-state index contributed by atoms with van der Waals surface area (Å²) in [5.41, 5.74) is 0. The van der Waals surface area contributed by atoms with Crippen molar-refractivity contribution in [2.75, 3.05) is 0 Å². The summed E-state index contributed by atoms with van der Waals surface area (Å²) in [6.45, 7) is 0. The van der Waals surface area contributed by atoms with Crippen LogP contribution < -0.4 is 29.4 Å². The fourth-order valence-corrected chi connectivity index (χ4v) is 0. The molecule has 0 aromatic rings. The van der Waals surface area contributed by atoms with Gasteiger partial charge in [-0.3, -0.25) is 0 Å². The van der Waals surface area contributed by atoms with Crippen LogP contribution in [0.3, 0.4) is 0 Å². The monoisotopic (exact) mass is 658 g/mol. The Hall–Kier alpha value is 2.22. The van der Waals surface area contributed by atoms with Crippen LogP contribution in [0.25, 0.3) is 0 Å².